The second-order valence-corrected chi connectivity index (χ2v) is 6.51. The Kier molecular flexibility index (Phi) is 2.85. The molecule has 2 aliphatic rings. The summed E-state index contributed by atoms with van der Waals surface area (Å²) in [6.45, 7) is 9.76. The molecule has 6 heteroatoms. The standard InChI is InChI=1S/C13H21N5O/c1-13(2,3)16-5-4-11-10(6-16)7-17(11)12(19)18-9-14-8-15-18/h8-11H,4-7H2,1-3H3. The fraction of sp³-hybridized carbons (Fsp3) is 0.769. The first-order valence-electron chi connectivity index (χ1n) is 6.87. The van der Waals surface area contributed by atoms with E-state index in [9.17, 15) is 4.79 Å². The average molecular weight is 263 g/mol. The van der Waals surface area contributed by atoms with Gasteiger partial charge in [0.25, 0.3) is 0 Å². The van der Waals surface area contributed by atoms with Crippen LogP contribution in [-0.4, -0.2) is 61.8 Å². The van der Waals surface area contributed by atoms with Crippen molar-refractivity contribution < 1.29 is 4.79 Å². The second kappa shape index (κ2) is 4.30. The van der Waals surface area contributed by atoms with Crippen LogP contribution in [0.2, 0.25) is 0 Å². The molecule has 0 spiro atoms. The van der Waals surface area contributed by atoms with E-state index in [1.54, 1.807) is 0 Å². The molecule has 2 fully saturated rings. The molecule has 0 aromatic carbocycles. The maximum absolute atomic E-state index is 12.2. The molecule has 1 aromatic rings. The van der Waals surface area contributed by atoms with E-state index in [-0.39, 0.29) is 11.6 Å². The van der Waals surface area contributed by atoms with E-state index >= 15 is 0 Å². The molecule has 6 nitrogen and oxygen atoms in total. The predicted molar refractivity (Wildman–Crippen MR) is 70.7 cm³/mol. The molecule has 1 amide bonds. The van der Waals surface area contributed by atoms with Crippen LogP contribution in [0, 0.1) is 5.92 Å². The van der Waals surface area contributed by atoms with Crippen LogP contribution in [0.5, 0.6) is 0 Å². The smallest absolute Gasteiger partial charge is 0.319 e. The second-order valence-electron chi connectivity index (χ2n) is 6.51. The zero-order valence-corrected chi connectivity index (χ0v) is 11.8. The van der Waals surface area contributed by atoms with Gasteiger partial charge in [0.05, 0.1) is 0 Å². The van der Waals surface area contributed by atoms with Crippen molar-refractivity contribution in [2.45, 2.75) is 38.8 Å². The first kappa shape index (κ1) is 12.6. The number of rotatable bonds is 0. The van der Waals surface area contributed by atoms with Crippen molar-refractivity contribution in [3.05, 3.63) is 12.7 Å². The molecule has 2 aliphatic heterocycles. The van der Waals surface area contributed by atoms with Crippen LogP contribution in [0.4, 0.5) is 4.79 Å². The maximum Gasteiger partial charge on any atom is 0.346 e. The molecule has 3 rings (SSSR count). The Morgan fingerprint density at radius 3 is 2.68 bits per heavy atom. The number of likely N-dealkylation sites (tertiary alicyclic amines) is 2. The van der Waals surface area contributed by atoms with Crippen molar-refractivity contribution in [1.82, 2.24) is 24.6 Å². The van der Waals surface area contributed by atoms with Crippen molar-refractivity contribution in [2.24, 2.45) is 5.92 Å². The highest BCUT2D eigenvalue weighted by Gasteiger charge is 2.46. The largest absolute Gasteiger partial charge is 0.346 e. The molecule has 0 bridgehead atoms. The molecule has 2 atom stereocenters. The van der Waals surface area contributed by atoms with E-state index in [1.807, 2.05) is 4.90 Å². The quantitative estimate of drug-likeness (QED) is 0.702. The third-order valence-electron chi connectivity index (χ3n) is 4.33. The predicted octanol–water partition coefficient (Wildman–Crippen LogP) is 1.05. The molecule has 2 unspecified atom stereocenters. The van der Waals surface area contributed by atoms with Crippen molar-refractivity contribution in [3.8, 4) is 0 Å². The topological polar surface area (TPSA) is 54.3 Å². The van der Waals surface area contributed by atoms with Gasteiger partial charge in [-0.3, -0.25) is 4.90 Å². The zero-order valence-electron chi connectivity index (χ0n) is 11.8. The van der Waals surface area contributed by atoms with Gasteiger partial charge in [0.1, 0.15) is 12.7 Å². The molecule has 0 radical (unpaired) electrons. The van der Waals surface area contributed by atoms with Crippen LogP contribution in [-0.2, 0) is 0 Å². The molecule has 2 saturated heterocycles. The lowest BCUT2D eigenvalue weighted by Crippen LogP contribution is -2.67. The lowest BCUT2D eigenvalue weighted by atomic mass is 9.81. The highest BCUT2D eigenvalue weighted by molar-refractivity contribution is 5.77. The van der Waals surface area contributed by atoms with E-state index in [0.717, 1.165) is 26.1 Å². The molecule has 1 aromatic heterocycles. The summed E-state index contributed by atoms with van der Waals surface area (Å²) in [6, 6.07) is 0.346. The Hall–Kier alpha value is -1.43. The molecular formula is C13H21N5O. The lowest BCUT2D eigenvalue weighted by Gasteiger charge is -2.55. The maximum atomic E-state index is 12.2. The van der Waals surface area contributed by atoms with Gasteiger partial charge in [-0.1, -0.05) is 0 Å². The number of hydrogen-bond donors (Lipinski definition) is 0. The Labute approximate surface area is 113 Å². The van der Waals surface area contributed by atoms with Gasteiger partial charge < -0.3 is 4.90 Å². The van der Waals surface area contributed by atoms with E-state index in [2.05, 4.69) is 35.8 Å². The van der Waals surface area contributed by atoms with Crippen LogP contribution in [0.15, 0.2) is 12.7 Å². The van der Waals surface area contributed by atoms with Crippen LogP contribution in [0.3, 0.4) is 0 Å². The first-order chi connectivity index (χ1) is 8.97. The highest BCUT2D eigenvalue weighted by atomic mass is 16.2. The monoisotopic (exact) mass is 263 g/mol. The average Bonchev–Trinajstić information content (AvgIpc) is 2.82. The number of carbonyl (C=O) groups excluding carboxylic acids is 1. The SMILES string of the molecule is CC(C)(C)N1CCC2C(CN2C(=O)n2cncn2)C1. The van der Waals surface area contributed by atoms with E-state index in [1.165, 1.54) is 17.3 Å². The summed E-state index contributed by atoms with van der Waals surface area (Å²) >= 11 is 0. The van der Waals surface area contributed by atoms with Gasteiger partial charge in [-0.2, -0.15) is 9.78 Å². The third-order valence-corrected chi connectivity index (χ3v) is 4.33. The fourth-order valence-electron chi connectivity index (χ4n) is 3.13. The number of carbonyl (C=O) groups is 1. The number of amides is 1. The number of hydrogen-bond acceptors (Lipinski definition) is 4. The van der Waals surface area contributed by atoms with Gasteiger partial charge >= 0.3 is 6.03 Å². The molecule has 19 heavy (non-hydrogen) atoms. The summed E-state index contributed by atoms with van der Waals surface area (Å²) in [5.74, 6) is 0.612. The Morgan fingerprint density at radius 1 is 1.32 bits per heavy atom. The summed E-state index contributed by atoms with van der Waals surface area (Å²) in [5.41, 5.74) is 0.224. The minimum absolute atomic E-state index is 0.0389. The van der Waals surface area contributed by atoms with Gasteiger partial charge in [-0.25, -0.2) is 9.78 Å². The Bertz CT molecular complexity index is 464. The van der Waals surface area contributed by atoms with Gasteiger partial charge in [-0.05, 0) is 27.2 Å². The van der Waals surface area contributed by atoms with Gasteiger partial charge in [0.15, 0.2) is 0 Å². The minimum atomic E-state index is -0.0389. The van der Waals surface area contributed by atoms with Crippen molar-refractivity contribution in [3.63, 3.8) is 0 Å². The molecule has 3 heterocycles. The van der Waals surface area contributed by atoms with E-state index in [0.29, 0.717) is 12.0 Å². The lowest BCUT2D eigenvalue weighted by molar-refractivity contribution is -0.0407. The van der Waals surface area contributed by atoms with E-state index in [4.69, 9.17) is 0 Å². The van der Waals surface area contributed by atoms with Crippen molar-refractivity contribution in [1.29, 1.82) is 0 Å². The highest BCUT2D eigenvalue weighted by Crippen LogP contribution is 2.35. The van der Waals surface area contributed by atoms with Crippen molar-refractivity contribution in [2.75, 3.05) is 19.6 Å². The number of piperidine rings is 1. The normalized spacial score (nSPS) is 27.8. The zero-order chi connectivity index (χ0) is 13.6. The molecule has 0 N–H and O–H groups in total. The third kappa shape index (κ3) is 2.14. The first-order valence-corrected chi connectivity index (χ1v) is 6.87. The summed E-state index contributed by atoms with van der Waals surface area (Å²) in [4.78, 5) is 20.5. The Morgan fingerprint density at radius 2 is 2.11 bits per heavy atom. The van der Waals surface area contributed by atoms with Gasteiger partial charge in [0.2, 0.25) is 0 Å². The molecule has 0 saturated carbocycles. The van der Waals surface area contributed by atoms with Gasteiger partial charge in [0, 0.05) is 37.1 Å². The summed E-state index contributed by atoms with van der Waals surface area (Å²) < 4.78 is 1.33. The summed E-state index contributed by atoms with van der Waals surface area (Å²) in [6.07, 6.45) is 3.93. The number of aromatic nitrogens is 3. The number of nitrogens with zero attached hydrogens (tertiary/aromatic N) is 5. The summed E-state index contributed by atoms with van der Waals surface area (Å²) in [5, 5.41) is 3.91. The van der Waals surface area contributed by atoms with Crippen LogP contribution >= 0.6 is 0 Å². The molecular weight excluding hydrogens is 242 g/mol. The van der Waals surface area contributed by atoms with E-state index < -0.39 is 0 Å². The van der Waals surface area contributed by atoms with Gasteiger partial charge in [-0.15, -0.1) is 0 Å². The van der Waals surface area contributed by atoms with Crippen molar-refractivity contribution >= 4 is 6.03 Å². The molecule has 0 aliphatic carbocycles. The summed E-state index contributed by atoms with van der Waals surface area (Å²) in [7, 11) is 0. The van der Waals surface area contributed by atoms with Crippen LogP contribution in [0.25, 0.3) is 0 Å². The Balaban J connectivity index is 1.63. The number of fused-ring (bicyclic) bond motifs is 1. The molecule has 104 valence electrons. The minimum Gasteiger partial charge on any atom is -0.319 e. The van der Waals surface area contributed by atoms with Crippen LogP contribution < -0.4 is 0 Å². The van der Waals surface area contributed by atoms with Crippen LogP contribution in [0.1, 0.15) is 27.2 Å². The fourth-order valence-corrected chi connectivity index (χ4v) is 3.13.